The highest BCUT2D eigenvalue weighted by Crippen LogP contribution is 1.92. The van der Waals surface area contributed by atoms with Crippen molar-refractivity contribution in [3.63, 3.8) is 0 Å². The Morgan fingerprint density at radius 2 is 2.05 bits per heavy atom. The number of amides is 1. The number of aromatic amines is 1. The molecular formula is C11H15N3O5. The van der Waals surface area contributed by atoms with Gasteiger partial charge in [0.1, 0.15) is 6.54 Å². The van der Waals surface area contributed by atoms with E-state index in [2.05, 4.69) is 9.84 Å². The molecule has 1 rings (SSSR count). The van der Waals surface area contributed by atoms with E-state index in [1.807, 2.05) is 0 Å². The molecule has 0 spiro atoms. The van der Waals surface area contributed by atoms with Crippen LogP contribution in [0.3, 0.4) is 0 Å². The lowest BCUT2D eigenvalue weighted by molar-refractivity contribution is -0.141. The fourth-order valence-corrected chi connectivity index (χ4v) is 1.32. The first-order valence-electron chi connectivity index (χ1n) is 5.55. The maximum Gasteiger partial charge on any atom is 0.307 e. The first-order chi connectivity index (χ1) is 8.93. The minimum Gasteiger partial charge on any atom is -0.469 e. The molecule has 1 aromatic rings. The molecule has 0 saturated heterocycles. The predicted molar refractivity (Wildman–Crippen MR) is 65.6 cm³/mol. The zero-order valence-corrected chi connectivity index (χ0v) is 10.7. The molecule has 0 saturated carbocycles. The Kier molecular flexibility index (Phi) is 5.04. The van der Waals surface area contributed by atoms with Crippen molar-refractivity contribution in [3.05, 3.63) is 32.8 Å². The van der Waals surface area contributed by atoms with Crippen molar-refractivity contribution in [1.82, 2.24) is 14.7 Å². The second kappa shape index (κ2) is 6.53. The number of likely N-dealkylation sites (N-methyl/N-ethyl adjacent to an activating group) is 1. The third-order valence-electron chi connectivity index (χ3n) is 2.49. The molecular weight excluding hydrogens is 254 g/mol. The molecule has 8 heteroatoms. The van der Waals surface area contributed by atoms with Gasteiger partial charge < -0.3 is 9.64 Å². The highest BCUT2D eigenvalue weighted by atomic mass is 16.5. The number of nitrogens with one attached hydrogen (secondary N) is 1. The van der Waals surface area contributed by atoms with Gasteiger partial charge in [-0.3, -0.25) is 24.3 Å². The van der Waals surface area contributed by atoms with Gasteiger partial charge in [-0.1, -0.05) is 0 Å². The van der Waals surface area contributed by atoms with E-state index in [0.29, 0.717) is 0 Å². The average Bonchev–Trinajstić information content (AvgIpc) is 2.39. The summed E-state index contributed by atoms with van der Waals surface area (Å²) < 4.78 is 5.37. The first kappa shape index (κ1) is 14.7. The van der Waals surface area contributed by atoms with Crippen LogP contribution in [-0.2, 0) is 20.9 Å². The van der Waals surface area contributed by atoms with Crippen LogP contribution in [0.15, 0.2) is 21.7 Å². The number of methoxy groups -OCH3 is 1. The van der Waals surface area contributed by atoms with Gasteiger partial charge in [-0.2, -0.15) is 0 Å². The number of rotatable bonds is 5. The van der Waals surface area contributed by atoms with Crippen LogP contribution in [0.1, 0.15) is 6.42 Å². The molecule has 1 heterocycles. The number of H-pyrrole nitrogens is 1. The van der Waals surface area contributed by atoms with E-state index in [1.54, 1.807) is 0 Å². The van der Waals surface area contributed by atoms with E-state index >= 15 is 0 Å². The zero-order valence-electron chi connectivity index (χ0n) is 10.7. The molecule has 0 atom stereocenters. The molecule has 0 unspecified atom stereocenters. The SMILES string of the molecule is COC(=O)CCN(C)C(=O)Cn1[nH]c(=O)ccc1=O. The van der Waals surface area contributed by atoms with Crippen molar-refractivity contribution < 1.29 is 14.3 Å². The quantitative estimate of drug-likeness (QED) is 0.659. The normalized spacial score (nSPS) is 10.0. The number of nitrogens with zero attached hydrogens (tertiary/aromatic N) is 2. The molecule has 0 bridgehead atoms. The number of carbonyl (C=O) groups excluding carboxylic acids is 2. The second-order valence-electron chi connectivity index (χ2n) is 3.88. The Hall–Kier alpha value is -2.38. The summed E-state index contributed by atoms with van der Waals surface area (Å²) in [6, 6.07) is 2.17. The van der Waals surface area contributed by atoms with Crippen molar-refractivity contribution in [2.75, 3.05) is 20.7 Å². The van der Waals surface area contributed by atoms with E-state index in [4.69, 9.17) is 0 Å². The highest BCUT2D eigenvalue weighted by Gasteiger charge is 2.12. The summed E-state index contributed by atoms with van der Waals surface area (Å²) in [4.78, 5) is 46.4. The van der Waals surface area contributed by atoms with Crippen LogP contribution in [-0.4, -0.2) is 47.3 Å². The van der Waals surface area contributed by atoms with Gasteiger partial charge in [0.05, 0.1) is 13.5 Å². The summed E-state index contributed by atoms with van der Waals surface area (Å²) in [6.45, 7) is -0.107. The van der Waals surface area contributed by atoms with Crippen molar-refractivity contribution >= 4 is 11.9 Å². The Morgan fingerprint density at radius 3 is 2.68 bits per heavy atom. The molecule has 1 N–H and O–H groups in total. The van der Waals surface area contributed by atoms with E-state index in [-0.39, 0.29) is 19.5 Å². The molecule has 104 valence electrons. The smallest absolute Gasteiger partial charge is 0.307 e. The summed E-state index contributed by atoms with van der Waals surface area (Å²) in [7, 11) is 2.76. The Morgan fingerprint density at radius 1 is 1.37 bits per heavy atom. The largest absolute Gasteiger partial charge is 0.469 e. The van der Waals surface area contributed by atoms with Crippen molar-refractivity contribution in [2.45, 2.75) is 13.0 Å². The molecule has 1 aromatic heterocycles. The lowest BCUT2D eigenvalue weighted by Crippen LogP contribution is -2.37. The van der Waals surface area contributed by atoms with Gasteiger partial charge in [0, 0.05) is 25.7 Å². The molecule has 1 amide bonds. The van der Waals surface area contributed by atoms with Crippen molar-refractivity contribution in [3.8, 4) is 0 Å². The molecule has 0 aromatic carbocycles. The maximum atomic E-state index is 11.8. The van der Waals surface area contributed by atoms with Gasteiger partial charge in [0.25, 0.3) is 11.1 Å². The standard InChI is InChI=1S/C11H15N3O5/c1-13(6-5-11(18)19-2)10(17)7-14-9(16)4-3-8(15)12-14/h3-4H,5-7H2,1-2H3,(H,12,15). The minimum absolute atomic E-state index is 0.0684. The van der Waals surface area contributed by atoms with Crippen LogP contribution >= 0.6 is 0 Å². The Balaban J connectivity index is 2.64. The van der Waals surface area contributed by atoms with Crippen LogP contribution in [0.4, 0.5) is 0 Å². The molecule has 0 aliphatic carbocycles. The summed E-state index contributed by atoms with van der Waals surface area (Å²) in [6.07, 6.45) is 0.0684. The third kappa shape index (κ3) is 4.41. The molecule has 8 nitrogen and oxygen atoms in total. The summed E-state index contributed by atoms with van der Waals surface area (Å²) >= 11 is 0. The van der Waals surface area contributed by atoms with Crippen LogP contribution in [0.2, 0.25) is 0 Å². The minimum atomic E-state index is -0.477. The van der Waals surface area contributed by atoms with Crippen LogP contribution in [0, 0.1) is 0 Å². The highest BCUT2D eigenvalue weighted by molar-refractivity contribution is 5.76. The third-order valence-corrected chi connectivity index (χ3v) is 2.49. The van der Waals surface area contributed by atoms with Gasteiger partial charge in [-0.15, -0.1) is 0 Å². The molecule has 0 fully saturated rings. The Bertz CT molecular complexity index is 574. The topological polar surface area (TPSA) is 101 Å². The van der Waals surface area contributed by atoms with Crippen LogP contribution in [0.5, 0.6) is 0 Å². The molecule has 0 aliphatic rings. The van der Waals surface area contributed by atoms with Crippen molar-refractivity contribution in [1.29, 1.82) is 0 Å². The predicted octanol–water partition coefficient (Wildman–Crippen LogP) is -1.44. The van der Waals surface area contributed by atoms with E-state index in [1.165, 1.54) is 19.1 Å². The monoisotopic (exact) mass is 269 g/mol. The lowest BCUT2D eigenvalue weighted by atomic mass is 10.4. The summed E-state index contributed by atoms with van der Waals surface area (Å²) in [5, 5.41) is 2.25. The summed E-state index contributed by atoms with van der Waals surface area (Å²) in [5.74, 6) is -0.821. The van der Waals surface area contributed by atoms with Gasteiger partial charge in [-0.25, -0.2) is 4.68 Å². The fourth-order valence-electron chi connectivity index (χ4n) is 1.32. The lowest BCUT2D eigenvalue weighted by Gasteiger charge is -2.16. The number of carbonyl (C=O) groups is 2. The molecule has 19 heavy (non-hydrogen) atoms. The number of esters is 1. The maximum absolute atomic E-state index is 11.8. The number of aromatic nitrogens is 2. The first-order valence-corrected chi connectivity index (χ1v) is 5.55. The van der Waals surface area contributed by atoms with E-state index in [0.717, 1.165) is 16.8 Å². The molecule has 0 radical (unpaired) electrons. The second-order valence-corrected chi connectivity index (χ2v) is 3.88. The van der Waals surface area contributed by atoms with Crippen LogP contribution < -0.4 is 11.1 Å². The van der Waals surface area contributed by atoms with Gasteiger partial charge in [0.15, 0.2) is 0 Å². The fraction of sp³-hybridized carbons (Fsp3) is 0.455. The summed E-state index contributed by atoms with van der Waals surface area (Å²) in [5.41, 5.74) is -0.945. The van der Waals surface area contributed by atoms with Gasteiger partial charge in [-0.05, 0) is 0 Å². The molecule has 0 aliphatic heterocycles. The number of hydrogen-bond acceptors (Lipinski definition) is 5. The zero-order chi connectivity index (χ0) is 14.4. The average molecular weight is 269 g/mol. The number of hydrogen-bond donors (Lipinski definition) is 1. The van der Waals surface area contributed by atoms with Gasteiger partial charge >= 0.3 is 5.97 Å². The number of ether oxygens (including phenoxy) is 1. The van der Waals surface area contributed by atoms with Gasteiger partial charge in [0.2, 0.25) is 5.91 Å². The van der Waals surface area contributed by atoms with E-state index < -0.39 is 23.0 Å². The van der Waals surface area contributed by atoms with E-state index in [9.17, 15) is 19.2 Å². The van der Waals surface area contributed by atoms with Crippen LogP contribution in [0.25, 0.3) is 0 Å². The Labute approximate surface area is 108 Å². The van der Waals surface area contributed by atoms with Crippen molar-refractivity contribution in [2.24, 2.45) is 0 Å².